The van der Waals surface area contributed by atoms with Gasteiger partial charge in [0.05, 0.1) is 0 Å². The van der Waals surface area contributed by atoms with Crippen molar-refractivity contribution in [2.45, 2.75) is 58.8 Å². The lowest BCUT2D eigenvalue weighted by Crippen LogP contribution is -2.12. The summed E-state index contributed by atoms with van der Waals surface area (Å²) in [5.41, 5.74) is 4.07. The molecule has 2 N–H and O–H groups in total. The van der Waals surface area contributed by atoms with Gasteiger partial charge < -0.3 is 10.2 Å². The summed E-state index contributed by atoms with van der Waals surface area (Å²) in [6, 6.07) is 11.7. The quantitative estimate of drug-likeness (QED) is 0.791. The highest BCUT2D eigenvalue weighted by atomic mass is 16.3. The highest BCUT2D eigenvalue weighted by Gasteiger charge is 2.20. The average Bonchev–Trinajstić information content (AvgIpc) is 2.40. The first kappa shape index (κ1) is 17.4. The average molecular weight is 312 g/mol. The Morgan fingerprint density at radius 1 is 0.652 bits per heavy atom. The number of hydrogen-bond donors (Lipinski definition) is 2. The van der Waals surface area contributed by atoms with Crippen LogP contribution in [0.1, 0.15) is 63.8 Å². The number of aromatic hydroxyl groups is 2. The minimum absolute atomic E-state index is 0.0916. The summed E-state index contributed by atoms with van der Waals surface area (Å²) >= 11 is 0. The van der Waals surface area contributed by atoms with E-state index in [0.717, 1.165) is 17.5 Å². The summed E-state index contributed by atoms with van der Waals surface area (Å²) < 4.78 is 0. The lowest BCUT2D eigenvalue weighted by molar-refractivity contribution is 0.446. The number of hydrogen-bond acceptors (Lipinski definition) is 2. The molecule has 0 spiro atoms. The highest BCUT2D eigenvalue weighted by molar-refractivity contribution is 5.45. The molecular weight excluding hydrogens is 284 g/mol. The van der Waals surface area contributed by atoms with Crippen molar-refractivity contribution in [3.63, 3.8) is 0 Å². The first-order chi connectivity index (χ1) is 10.5. The minimum atomic E-state index is -0.0916. The number of phenolic OH excluding ortho intramolecular Hbond substituents is 2. The van der Waals surface area contributed by atoms with Gasteiger partial charge in [0, 0.05) is 0 Å². The van der Waals surface area contributed by atoms with Gasteiger partial charge in [0.2, 0.25) is 0 Å². The predicted octanol–water partition coefficient (Wildman–Crippen LogP) is 5.28. The SMILES string of the molecule is CC(C)(C)c1cc(Cc2ccc(O)c(C(C)(C)C)c2)ccc1O. The van der Waals surface area contributed by atoms with Gasteiger partial charge in [-0.3, -0.25) is 0 Å². The standard InChI is InChI=1S/C21H28O2/c1-20(2,3)16-12-14(7-9-18(16)22)11-15-8-10-19(23)17(13-15)21(4,5)6/h7-10,12-13,22-23H,11H2,1-6H3. The molecule has 0 fully saturated rings. The van der Waals surface area contributed by atoms with E-state index in [1.165, 1.54) is 11.1 Å². The second-order valence-electron chi connectivity index (χ2n) is 8.38. The first-order valence-corrected chi connectivity index (χ1v) is 8.13. The van der Waals surface area contributed by atoms with Crippen LogP contribution < -0.4 is 0 Å². The third kappa shape index (κ3) is 4.07. The smallest absolute Gasteiger partial charge is 0.119 e. The van der Waals surface area contributed by atoms with Crippen molar-refractivity contribution in [1.29, 1.82) is 0 Å². The van der Waals surface area contributed by atoms with E-state index in [1.807, 2.05) is 12.1 Å². The summed E-state index contributed by atoms with van der Waals surface area (Å²) in [6.07, 6.45) is 0.784. The molecule has 0 aromatic heterocycles. The maximum atomic E-state index is 10.1. The van der Waals surface area contributed by atoms with E-state index in [2.05, 4.69) is 53.7 Å². The van der Waals surface area contributed by atoms with Crippen LogP contribution >= 0.6 is 0 Å². The molecule has 2 heteroatoms. The molecule has 2 aromatic carbocycles. The van der Waals surface area contributed by atoms with Crippen LogP contribution in [0, 0.1) is 0 Å². The number of rotatable bonds is 2. The molecule has 0 saturated carbocycles. The van der Waals surface area contributed by atoms with Gasteiger partial charge in [0.25, 0.3) is 0 Å². The minimum Gasteiger partial charge on any atom is -0.508 e. The monoisotopic (exact) mass is 312 g/mol. The van der Waals surface area contributed by atoms with Gasteiger partial charge in [-0.1, -0.05) is 65.8 Å². The fourth-order valence-corrected chi connectivity index (χ4v) is 2.82. The molecule has 2 aromatic rings. The fourth-order valence-electron chi connectivity index (χ4n) is 2.82. The Hall–Kier alpha value is -1.96. The van der Waals surface area contributed by atoms with Crippen molar-refractivity contribution < 1.29 is 10.2 Å². The summed E-state index contributed by atoms with van der Waals surface area (Å²) in [4.78, 5) is 0. The van der Waals surface area contributed by atoms with Gasteiger partial charge in [0.15, 0.2) is 0 Å². The Morgan fingerprint density at radius 2 is 1.00 bits per heavy atom. The zero-order chi connectivity index (χ0) is 17.4. The molecule has 124 valence electrons. The zero-order valence-electron chi connectivity index (χ0n) is 15.1. The van der Waals surface area contributed by atoms with Crippen molar-refractivity contribution in [1.82, 2.24) is 0 Å². The molecule has 2 nitrogen and oxygen atoms in total. The molecule has 0 radical (unpaired) electrons. The molecule has 23 heavy (non-hydrogen) atoms. The lowest BCUT2D eigenvalue weighted by Gasteiger charge is -2.22. The molecule has 0 aliphatic heterocycles. The Kier molecular flexibility index (Phi) is 4.48. The summed E-state index contributed by atoms with van der Waals surface area (Å²) in [5, 5.41) is 20.2. The summed E-state index contributed by atoms with van der Waals surface area (Å²) in [7, 11) is 0. The molecular formula is C21H28O2. The lowest BCUT2D eigenvalue weighted by atomic mass is 9.83. The largest absolute Gasteiger partial charge is 0.508 e. The van der Waals surface area contributed by atoms with Gasteiger partial charge in [0.1, 0.15) is 11.5 Å². The molecule has 0 aliphatic carbocycles. The van der Waals surface area contributed by atoms with E-state index in [1.54, 1.807) is 12.1 Å². The van der Waals surface area contributed by atoms with E-state index < -0.39 is 0 Å². The third-order valence-electron chi connectivity index (χ3n) is 4.15. The van der Waals surface area contributed by atoms with Crippen molar-refractivity contribution in [3.8, 4) is 11.5 Å². The van der Waals surface area contributed by atoms with E-state index in [0.29, 0.717) is 11.5 Å². The normalized spacial score (nSPS) is 12.4. The second-order valence-corrected chi connectivity index (χ2v) is 8.38. The number of benzene rings is 2. The van der Waals surface area contributed by atoms with Gasteiger partial charge in [-0.25, -0.2) is 0 Å². The van der Waals surface area contributed by atoms with Gasteiger partial charge in [-0.15, -0.1) is 0 Å². The Morgan fingerprint density at radius 3 is 1.30 bits per heavy atom. The fraction of sp³-hybridized carbons (Fsp3) is 0.429. The van der Waals surface area contributed by atoms with Crippen LogP contribution in [-0.2, 0) is 17.3 Å². The highest BCUT2D eigenvalue weighted by Crippen LogP contribution is 2.34. The van der Waals surface area contributed by atoms with E-state index >= 15 is 0 Å². The Labute approximate surface area is 139 Å². The summed E-state index contributed by atoms with van der Waals surface area (Å²) in [6.45, 7) is 12.6. The first-order valence-electron chi connectivity index (χ1n) is 8.13. The van der Waals surface area contributed by atoms with Crippen LogP contribution in [0.3, 0.4) is 0 Å². The van der Waals surface area contributed by atoms with Gasteiger partial charge in [-0.2, -0.15) is 0 Å². The van der Waals surface area contributed by atoms with E-state index in [9.17, 15) is 10.2 Å². The second kappa shape index (κ2) is 5.92. The maximum Gasteiger partial charge on any atom is 0.119 e. The number of phenols is 2. The predicted molar refractivity (Wildman–Crippen MR) is 96.4 cm³/mol. The van der Waals surface area contributed by atoms with E-state index in [4.69, 9.17) is 0 Å². The Bertz CT molecular complexity index is 639. The molecule has 2 rings (SSSR count). The maximum absolute atomic E-state index is 10.1. The van der Waals surface area contributed by atoms with Crippen molar-refractivity contribution >= 4 is 0 Å². The van der Waals surface area contributed by atoms with Crippen molar-refractivity contribution in [2.75, 3.05) is 0 Å². The van der Waals surface area contributed by atoms with Crippen LogP contribution in [0.5, 0.6) is 11.5 Å². The summed E-state index contributed by atoms with van der Waals surface area (Å²) in [5.74, 6) is 0.699. The van der Waals surface area contributed by atoms with E-state index in [-0.39, 0.29) is 10.8 Å². The van der Waals surface area contributed by atoms with Gasteiger partial charge >= 0.3 is 0 Å². The third-order valence-corrected chi connectivity index (χ3v) is 4.15. The topological polar surface area (TPSA) is 40.5 Å². The molecule has 0 heterocycles. The molecule has 0 amide bonds. The molecule has 0 atom stereocenters. The van der Waals surface area contributed by atoms with Crippen LogP contribution in [-0.4, -0.2) is 10.2 Å². The zero-order valence-corrected chi connectivity index (χ0v) is 15.1. The van der Waals surface area contributed by atoms with Crippen molar-refractivity contribution in [3.05, 3.63) is 58.7 Å². The van der Waals surface area contributed by atoms with Crippen molar-refractivity contribution in [2.24, 2.45) is 0 Å². The van der Waals surface area contributed by atoms with Crippen LogP contribution in [0.15, 0.2) is 36.4 Å². The molecule has 0 aliphatic rings. The van der Waals surface area contributed by atoms with Crippen LogP contribution in [0.25, 0.3) is 0 Å². The van der Waals surface area contributed by atoms with Crippen LogP contribution in [0.2, 0.25) is 0 Å². The molecule has 0 unspecified atom stereocenters. The Balaban J connectivity index is 2.37. The van der Waals surface area contributed by atoms with Gasteiger partial charge in [-0.05, 0) is 51.6 Å². The molecule has 0 saturated heterocycles. The van der Waals surface area contributed by atoms with Crippen LogP contribution in [0.4, 0.5) is 0 Å². The molecule has 0 bridgehead atoms.